The van der Waals surface area contributed by atoms with E-state index in [1.165, 1.54) is 193 Å². The minimum absolute atomic E-state index is 0.0205. The minimum Gasteiger partial charge on any atom is -0.466 e. The fourth-order valence-corrected chi connectivity index (χ4v) is 5.94. The predicted octanol–water partition coefficient (Wildman–Crippen LogP) is 12.8. The van der Waals surface area contributed by atoms with Gasteiger partial charge in [0.2, 0.25) is 0 Å². The summed E-state index contributed by atoms with van der Waals surface area (Å²) in [5, 5.41) is 8.79. The highest BCUT2D eigenvalue weighted by Gasteiger charge is 2.03. The summed E-state index contributed by atoms with van der Waals surface area (Å²) in [6.07, 6.45) is 44.8. The Balaban J connectivity index is 3.11. The van der Waals surface area contributed by atoms with Gasteiger partial charge in [-0.2, -0.15) is 0 Å². The van der Waals surface area contributed by atoms with E-state index >= 15 is 0 Å². The van der Waals surface area contributed by atoms with Gasteiger partial charge >= 0.3 is 5.97 Å². The van der Waals surface area contributed by atoms with Crippen LogP contribution < -0.4 is 0 Å². The van der Waals surface area contributed by atoms with Crippen LogP contribution in [-0.4, -0.2) is 24.3 Å². The molecule has 0 rings (SSSR count). The van der Waals surface area contributed by atoms with Crippen molar-refractivity contribution in [1.29, 1.82) is 0 Å². The molecule has 246 valence electrons. The van der Waals surface area contributed by atoms with Crippen molar-refractivity contribution in [2.45, 2.75) is 225 Å². The molecule has 0 amide bonds. The first-order valence-corrected chi connectivity index (χ1v) is 19.1. The highest BCUT2D eigenvalue weighted by atomic mass is 16.5. The van der Waals surface area contributed by atoms with E-state index < -0.39 is 0 Å². The Labute approximate surface area is 258 Å². The number of unbranched alkanes of at least 4 members (excludes halogenated alkanes) is 31. The van der Waals surface area contributed by atoms with E-state index in [2.05, 4.69) is 6.92 Å². The molecule has 0 aromatic rings. The summed E-state index contributed by atoms with van der Waals surface area (Å²) in [7, 11) is 0. The molecule has 0 saturated carbocycles. The monoisotopic (exact) mass is 581 g/mol. The van der Waals surface area contributed by atoms with Gasteiger partial charge in [-0.25, -0.2) is 0 Å². The van der Waals surface area contributed by atoms with E-state index in [0.717, 1.165) is 19.3 Å². The molecule has 0 radical (unpaired) electrons. The summed E-state index contributed by atoms with van der Waals surface area (Å²) >= 11 is 0. The zero-order valence-electron chi connectivity index (χ0n) is 28.2. The average molecular weight is 581 g/mol. The predicted molar refractivity (Wildman–Crippen MR) is 181 cm³/mol. The van der Waals surface area contributed by atoms with Crippen LogP contribution in [0.15, 0.2) is 0 Å². The summed E-state index contributed by atoms with van der Waals surface area (Å²) in [5.74, 6) is 0.0205. The highest BCUT2D eigenvalue weighted by molar-refractivity contribution is 5.69. The van der Waals surface area contributed by atoms with Crippen LogP contribution in [0, 0.1) is 0 Å². The van der Waals surface area contributed by atoms with Gasteiger partial charge in [0.05, 0.1) is 6.61 Å². The van der Waals surface area contributed by atoms with Crippen LogP contribution in [0.1, 0.15) is 225 Å². The molecule has 0 spiro atoms. The standard InChI is InChI=1S/C38H76O3/c1-2-3-4-5-6-23-26-29-32-35-38(40)41-37-34-31-28-25-22-20-18-16-14-12-10-8-7-9-11-13-15-17-19-21-24-27-30-33-36-39/h39H,2-37H2,1H3. The molecule has 0 fully saturated rings. The third kappa shape index (κ3) is 37.4. The maximum atomic E-state index is 11.9. The number of ether oxygens (including phenoxy) is 1. The van der Waals surface area contributed by atoms with Crippen LogP contribution in [0.2, 0.25) is 0 Å². The molecule has 0 aromatic carbocycles. The van der Waals surface area contributed by atoms with Crippen LogP contribution in [0.5, 0.6) is 0 Å². The van der Waals surface area contributed by atoms with Crippen LogP contribution in [0.4, 0.5) is 0 Å². The van der Waals surface area contributed by atoms with E-state index in [1.807, 2.05) is 0 Å². The van der Waals surface area contributed by atoms with Crippen LogP contribution in [0.25, 0.3) is 0 Å². The van der Waals surface area contributed by atoms with Crippen molar-refractivity contribution in [2.24, 2.45) is 0 Å². The third-order valence-corrected chi connectivity index (χ3v) is 8.80. The van der Waals surface area contributed by atoms with E-state index in [0.29, 0.717) is 19.6 Å². The summed E-state index contributed by atoms with van der Waals surface area (Å²) in [6.45, 7) is 3.26. The van der Waals surface area contributed by atoms with Gasteiger partial charge in [-0.15, -0.1) is 0 Å². The number of carbonyl (C=O) groups excluding carboxylic acids is 1. The number of carbonyl (C=O) groups is 1. The highest BCUT2D eigenvalue weighted by Crippen LogP contribution is 2.16. The van der Waals surface area contributed by atoms with E-state index in [-0.39, 0.29) is 5.97 Å². The van der Waals surface area contributed by atoms with Crippen molar-refractivity contribution >= 4 is 5.97 Å². The van der Waals surface area contributed by atoms with E-state index in [1.54, 1.807) is 0 Å². The van der Waals surface area contributed by atoms with Crippen molar-refractivity contribution in [3.05, 3.63) is 0 Å². The molecule has 3 heteroatoms. The van der Waals surface area contributed by atoms with Crippen molar-refractivity contribution in [1.82, 2.24) is 0 Å². The SMILES string of the molecule is CCCCCCCCCCCC(=O)OCCCCCCCCCCCCCCCCCCCCCCCCCCO. The second-order valence-electron chi connectivity index (χ2n) is 13.0. The molecule has 0 unspecified atom stereocenters. The Morgan fingerprint density at radius 1 is 0.390 bits per heavy atom. The van der Waals surface area contributed by atoms with E-state index in [9.17, 15) is 4.79 Å². The van der Waals surface area contributed by atoms with Gasteiger partial charge in [0.25, 0.3) is 0 Å². The molecule has 0 bridgehead atoms. The first-order valence-electron chi connectivity index (χ1n) is 19.1. The second kappa shape index (κ2) is 37.5. The Morgan fingerprint density at radius 3 is 0.976 bits per heavy atom. The molecule has 0 saturated heterocycles. The maximum absolute atomic E-state index is 11.9. The Hall–Kier alpha value is -0.570. The lowest BCUT2D eigenvalue weighted by atomic mass is 10.0. The van der Waals surface area contributed by atoms with Crippen molar-refractivity contribution in [2.75, 3.05) is 13.2 Å². The Bertz CT molecular complexity index is 478. The van der Waals surface area contributed by atoms with Crippen molar-refractivity contribution in [3.63, 3.8) is 0 Å². The third-order valence-electron chi connectivity index (χ3n) is 8.80. The first-order chi connectivity index (χ1) is 20.3. The number of esters is 1. The smallest absolute Gasteiger partial charge is 0.305 e. The molecule has 41 heavy (non-hydrogen) atoms. The quantitative estimate of drug-likeness (QED) is 0.0592. The average Bonchev–Trinajstić information content (AvgIpc) is 2.98. The number of aliphatic hydroxyl groups is 1. The lowest BCUT2D eigenvalue weighted by Gasteiger charge is -2.06. The van der Waals surface area contributed by atoms with Crippen LogP contribution >= 0.6 is 0 Å². The number of aliphatic hydroxyl groups excluding tert-OH is 1. The Kier molecular flexibility index (Phi) is 36.9. The molecule has 3 nitrogen and oxygen atoms in total. The lowest BCUT2D eigenvalue weighted by molar-refractivity contribution is -0.143. The summed E-state index contributed by atoms with van der Waals surface area (Å²) in [6, 6.07) is 0. The normalized spacial score (nSPS) is 11.4. The fourth-order valence-electron chi connectivity index (χ4n) is 5.94. The van der Waals surface area contributed by atoms with Gasteiger partial charge in [0, 0.05) is 13.0 Å². The largest absolute Gasteiger partial charge is 0.466 e. The number of hydrogen-bond acceptors (Lipinski definition) is 3. The van der Waals surface area contributed by atoms with Crippen molar-refractivity contribution < 1.29 is 14.6 Å². The molecule has 0 aromatic heterocycles. The lowest BCUT2D eigenvalue weighted by Crippen LogP contribution is -2.05. The molecule has 0 aliphatic carbocycles. The minimum atomic E-state index is 0.0205. The molecular weight excluding hydrogens is 504 g/mol. The molecular formula is C38H76O3. The van der Waals surface area contributed by atoms with Gasteiger partial charge in [0.15, 0.2) is 0 Å². The van der Waals surface area contributed by atoms with Gasteiger partial charge < -0.3 is 9.84 Å². The van der Waals surface area contributed by atoms with Crippen LogP contribution in [-0.2, 0) is 9.53 Å². The van der Waals surface area contributed by atoms with Gasteiger partial charge in [-0.1, -0.05) is 200 Å². The van der Waals surface area contributed by atoms with E-state index in [4.69, 9.17) is 9.84 Å². The van der Waals surface area contributed by atoms with Gasteiger partial charge in [-0.3, -0.25) is 4.79 Å². The second-order valence-corrected chi connectivity index (χ2v) is 13.0. The van der Waals surface area contributed by atoms with Gasteiger partial charge in [0.1, 0.15) is 0 Å². The molecule has 0 aliphatic heterocycles. The molecule has 0 heterocycles. The maximum Gasteiger partial charge on any atom is 0.305 e. The first kappa shape index (κ1) is 40.4. The number of rotatable bonds is 36. The van der Waals surface area contributed by atoms with Crippen LogP contribution in [0.3, 0.4) is 0 Å². The summed E-state index contributed by atoms with van der Waals surface area (Å²) in [4.78, 5) is 11.9. The zero-order chi connectivity index (χ0) is 29.7. The topological polar surface area (TPSA) is 46.5 Å². The number of hydrogen-bond donors (Lipinski definition) is 1. The Morgan fingerprint density at radius 2 is 0.659 bits per heavy atom. The zero-order valence-corrected chi connectivity index (χ0v) is 28.2. The summed E-state index contributed by atoms with van der Waals surface area (Å²) < 4.78 is 5.42. The molecule has 0 aliphatic rings. The molecule has 1 N–H and O–H groups in total. The van der Waals surface area contributed by atoms with Gasteiger partial charge in [-0.05, 0) is 19.3 Å². The van der Waals surface area contributed by atoms with Crippen molar-refractivity contribution in [3.8, 4) is 0 Å². The fraction of sp³-hybridized carbons (Fsp3) is 0.974. The molecule has 0 atom stereocenters. The summed E-state index contributed by atoms with van der Waals surface area (Å²) in [5.41, 5.74) is 0.